The first-order valence-corrected chi connectivity index (χ1v) is 8.42. The Balaban J connectivity index is 1.42. The molecule has 0 radical (unpaired) electrons. The van der Waals surface area contributed by atoms with E-state index in [1.807, 2.05) is 38.1 Å². The van der Waals surface area contributed by atoms with Gasteiger partial charge in [0, 0.05) is 19.6 Å². The molecule has 2 bridgehead atoms. The first-order chi connectivity index (χ1) is 10.6. The number of hydrogen-bond donors (Lipinski definition) is 1. The minimum Gasteiger partial charge on any atom is -0.492 e. The fourth-order valence-corrected chi connectivity index (χ4v) is 3.65. The number of rotatable bonds is 6. The van der Waals surface area contributed by atoms with Crippen molar-refractivity contribution in [1.82, 2.24) is 4.90 Å². The molecule has 1 unspecified atom stereocenters. The van der Waals surface area contributed by atoms with E-state index in [0.717, 1.165) is 31.1 Å². The van der Waals surface area contributed by atoms with Crippen molar-refractivity contribution < 1.29 is 14.6 Å². The average molecular weight is 305 g/mol. The molecule has 1 aliphatic carbocycles. The molecule has 1 saturated carbocycles. The Morgan fingerprint density at radius 2 is 1.68 bits per heavy atom. The summed E-state index contributed by atoms with van der Waals surface area (Å²) in [5, 5.41) is 10.0. The van der Waals surface area contributed by atoms with Crippen molar-refractivity contribution >= 4 is 0 Å². The van der Waals surface area contributed by atoms with Crippen LogP contribution in [0.1, 0.15) is 26.7 Å². The second-order valence-electron chi connectivity index (χ2n) is 6.83. The van der Waals surface area contributed by atoms with Gasteiger partial charge in [0.1, 0.15) is 18.1 Å². The molecule has 3 atom stereocenters. The van der Waals surface area contributed by atoms with E-state index in [2.05, 4.69) is 4.90 Å². The Bertz CT molecular complexity index is 460. The van der Waals surface area contributed by atoms with Crippen LogP contribution in [0.15, 0.2) is 24.3 Å². The Labute approximate surface area is 133 Å². The van der Waals surface area contributed by atoms with Crippen LogP contribution in [0.3, 0.4) is 0 Å². The van der Waals surface area contributed by atoms with Crippen LogP contribution in [0.2, 0.25) is 0 Å². The van der Waals surface area contributed by atoms with Crippen molar-refractivity contribution in [3.8, 4) is 11.5 Å². The van der Waals surface area contributed by atoms with Crippen LogP contribution in [0.5, 0.6) is 11.5 Å². The van der Waals surface area contributed by atoms with Crippen molar-refractivity contribution in [1.29, 1.82) is 0 Å². The number of hydrogen-bond acceptors (Lipinski definition) is 4. The lowest BCUT2D eigenvalue weighted by Crippen LogP contribution is -2.45. The lowest BCUT2D eigenvalue weighted by molar-refractivity contribution is 0.0128. The zero-order chi connectivity index (χ0) is 15.5. The highest BCUT2D eigenvalue weighted by molar-refractivity contribution is 5.31. The average Bonchev–Trinajstić information content (AvgIpc) is 2.71. The van der Waals surface area contributed by atoms with Crippen LogP contribution in [0.25, 0.3) is 0 Å². The van der Waals surface area contributed by atoms with Gasteiger partial charge in [-0.1, -0.05) is 0 Å². The number of likely N-dealkylation sites (tertiary alicyclic amines) is 1. The molecule has 3 rings (SSSR count). The fourth-order valence-electron chi connectivity index (χ4n) is 3.65. The molecule has 122 valence electrons. The maximum atomic E-state index is 10.0. The molecule has 2 fully saturated rings. The number of benzene rings is 1. The monoisotopic (exact) mass is 305 g/mol. The summed E-state index contributed by atoms with van der Waals surface area (Å²) in [5.41, 5.74) is 0. The van der Waals surface area contributed by atoms with Gasteiger partial charge in [0.25, 0.3) is 0 Å². The standard InChI is InChI=1S/C18H27NO3/c1-13(2)22-17-7-5-16(6-8-17)21-10-9-19-11-14-3-4-15(12-19)18(14)20/h5-8,13-15,18,20H,3-4,9-12H2,1-2H3/t14-,15+,18?. The highest BCUT2D eigenvalue weighted by Gasteiger charge is 2.40. The van der Waals surface area contributed by atoms with E-state index in [4.69, 9.17) is 9.47 Å². The zero-order valence-electron chi connectivity index (χ0n) is 13.6. The van der Waals surface area contributed by atoms with Gasteiger partial charge in [-0.2, -0.15) is 0 Å². The summed E-state index contributed by atoms with van der Waals surface area (Å²) in [7, 11) is 0. The van der Waals surface area contributed by atoms with Gasteiger partial charge in [-0.3, -0.25) is 4.90 Å². The van der Waals surface area contributed by atoms with Crippen LogP contribution >= 0.6 is 0 Å². The molecule has 2 aliphatic rings. The van der Waals surface area contributed by atoms with E-state index in [0.29, 0.717) is 18.4 Å². The normalized spacial score (nSPS) is 28.1. The smallest absolute Gasteiger partial charge is 0.119 e. The summed E-state index contributed by atoms with van der Waals surface area (Å²) in [6, 6.07) is 7.82. The van der Waals surface area contributed by atoms with Gasteiger partial charge >= 0.3 is 0 Å². The zero-order valence-corrected chi connectivity index (χ0v) is 13.6. The molecule has 1 heterocycles. The van der Waals surface area contributed by atoms with E-state index in [1.54, 1.807) is 0 Å². The molecular formula is C18H27NO3. The minimum absolute atomic E-state index is 0.0642. The lowest BCUT2D eigenvalue weighted by Gasteiger charge is -2.35. The molecule has 1 N–H and O–H groups in total. The largest absolute Gasteiger partial charge is 0.492 e. The fraction of sp³-hybridized carbons (Fsp3) is 0.667. The predicted octanol–water partition coefficient (Wildman–Crippen LogP) is 2.56. The molecule has 0 amide bonds. The molecule has 1 aromatic carbocycles. The number of aliphatic hydroxyl groups excluding tert-OH is 1. The van der Waals surface area contributed by atoms with Gasteiger partial charge in [-0.15, -0.1) is 0 Å². The van der Waals surface area contributed by atoms with Gasteiger partial charge in [0.05, 0.1) is 12.2 Å². The van der Waals surface area contributed by atoms with Crippen LogP contribution < -0.4 is 9.47 Å². The summed E-state index contributed by atoms with van der Waals surface area (Å²) in [5.74, 6) is 2.72. The summed E-state index contributed by atoms with van der Waals surface area (Å²) in [6.45, 7) is 7.70. The second-order valence-corrected chi connectivity index (χ2v) is 6.83. The number of fused-ring (bicyclic) bond motifs is 2. The molecule has 4 nitrogen and oxygen atoms in total. The first kappa shape index (κ1) is 15.6. The molecule has 1 aliphatic heterocycles. The maximum absolute atomic E-state index is 10.0. The van der Waals surface area contributed by atoms with E-state index in [1.165, 1.54) is 12.8 Å². The third-order valence-corrected chi connectivity index (χ3v) is 4.73. The van der Waals surface area contributed by atoms with Crippen molar-refractivity contribution in [3.05, 3.63) is 24.3 Å². The molecule has 1 aromatic rings. The molecule has 0 spiro atoms. The van der Waals surface area contributed by atoms with Gasteiger partial charge in [0.2, 0.25) is 0 Å². The third-order valence-electron chi connectivity index (χ3n) is 4.73. The molecule has 1 saturated heterocycles. The highest BCUT2D eigenvalue weighted by Crippen LogP contribution is 2.36. The quantitative estimate of drug-likeness (QED) is 0.877. The van der Waals surface area contributed by atoms with Crippen molar-refractivity contribution in [2.45, 2.75) is 38.9 Å². The summed E-state index contributed by atoms with van der Waals surface area (Å²) >= 11 is 0. The Morgan fingerprint density at radius 3 is 2.27 bits per heavy atom. The Morgan fingerprint density at radius 1 is 1.09 bits per heavy atom. The second kappa shape index (κ2) is 6.88. The van der Waals surface area contributed by atoms with Gasteiger partial charge in [0.15, 0.2) is 0 Å². The van der Waals surface area contributed by atoms with Gasteiger partial charge < -0.3 is 14.6 Å². The van der Waals surface area contributed by atoms with Crippen LogP contribution in [-0.4, -0.2) is 48.5 Å². The van der Waals surface area contributed by atoms with E-state index in [-0.39, 0.29) is 12.2 Å². The van der Waals surface area contributed by atoms with Crippen molar-refractivity contribution in [2.75, 3.05) is 26.2 Å². The van der Waals surface area contributed by atoms with Gasteiger partial charge in [-0.25, -0.2) is 0 Å². The third kappa shape index (κ3) is 3.73. The highest BCUT2D eigenvalue weighted by atomic mass is 16.5. The van der Waals surface area contributed by atoms with E-state index >= 15 is 0 Å². The number of nitrogens with zero attached hydrogens (tertiary/aromatic N) is 1. The topological polar surface area (TPSA) is 41.9 Å². The first-order valence-electron chi connectivity index (χ1n) is 8.42. The molecule has 0 aromatic heterocycles. The number of ether oxygens (including phenoxy) is 2. The predicted molar refractivity (Wildman–Crippen MR) is 86.4 cm³/mol. The number of piperidine rings is 1. The van der Waals surface area contributed by atoms with Crippen LogP contribution in [0, 0.1) is 11.8 Å². The molecule has 4 heteroatoms. The van der Waals surface area contributed by atoms with Crippen molar-refractivity contribution in [2.24, 2.45) is 11.8 Å². The van der Waals surface area contributed by atoms with Gasteiger partial charge in [-0.05, 0) is 62.8 Å². The van der Waals surface area contributed by atoms with Crippen LogP contribution in [0.4, 0.5) is 0 Å². The Kier molecular flexibility index (Phi) is 4.89. The van der Waals surface area contributed by atoms with E-state index in [9.17, 15) is 5.11 Å². The summed E-state index contributed by atoms with van der Waals surface area (Å²) in [6.07, 6.45) is 2.49. The lowest BCUT2D eigenvalue weighted by atomic mass is 9.95. The van der Waals surface area contributed by atoms with Crippen LogP contribution in [-0.2, 0) is 0 Å². The Hall–Kier alpha value is -1.26. The van der Waals surface area contributed by atoms with E-state index < -0.39 is 0 Å². The maximum Gasteiger partial charge on any atom is 0.119 e. The molecule has 22 heavy (non-hydrogen) atoms. The minimum atomic E-state index is -0.0642. The summed E-state index contributed by atoms with van der Waals surface area (Å²) in [4.78, 5) is 2.44. The number of aliphatic hydroxyl groups is 1. The van der Waals surface area contributed by atoms with Crippen molar-refractivity contribution in [3.63, 3.8) is 0 Å². The molecular weight excluding hydrogens is 278 g/mol. The SMILES string of the molecule is CC(C)Oc1ccc(OCCN2C[C@H]3CC[C@@H](C2)C3O)cc1. The summed E-state index contributed by atoms with van der Waals surface area (Å²) < 4.78 is 11.4.